The summed E-state index contributed by atoms with van der Waals surface area (Å²) in [4.78, 5) is 22.8. The molecule has 0 aromatic carbocycles. The second-order valence-corrected chi connectivity index (χ2v) is 7.82. The number of carbonyl (C=O) groups excluding carboxylic acids is 1. The molecule has 3 aromatic heterocycles. The minimum Gasteiger partial charge on any atom is -0.378 e. The van der Waals surface area contributed by atoms with Crippen LogP contribution in [0.1, 0.15) is 17.8 Å². The molecular formula is C21H23N5O3. The predicted molar refractivity (Wildman–Crippen MR) is 108 cm³/mol. The molecule has 0 radical (unpaired) electrons. The van der Waals surface area contributed by atoms with E-state index < -0.39 is 11.5 Å². The summed E-state index contributed by atoms with van der Waals surface area (Å²) in [5.74, 6) is -0.399. The van der Waals surface area contributed by atoms with Crippen molar-refractivity contribution in [3.05, 3.63) is 42.0 Å². The molecule has 150 valence electrons. The van der Waals surface area contributed by atoms with Gasteiger partial charge in [0.2, 0.25) is 5.91 Å². The van der Waals surface area contributed by atoms with E-state index in [1.54, 1.807) is 6.20 Å². The van der Waals surface area contributed by atoms with Crippen LogP contribution in [-0.4, -0.2) is 47.4 Å². The van der Waals surface area contributed by atoms with Gasteiger partial charge in [0.1, 0.15) is 12.3 Å². The van der Waals surface area contributed by atoms with E-state index >= 15 is 0 Å². The van der Waals surface area contributed by atoms with Crippen molar-refractivity contribution >= 4 is 22.5 Å². The molecule has 8 nitrogen and oxygen atoms in total. The number of nitrogens with two attached hydrogens (primary N) is 1. The molecular weight excluding hydrogens is 370 g/mol. The average molecular weight is 393 g/mol. The van der Waals surface area contributed by atoms with Gasteiger partial charge in [0.25, 0.3) is 0 Å². The molecule has 1 fully saturated rings. The lowest BCUT2D eigenvalue weighted by atomic mass is 9.94. The second kappa shape index (κ2) is 6.53. The SMILES string of the molecule is CN1COC2(CCOC2)c2nc(-c3cn(C)c4cnc(CC(N)=O)cc34)ccc21. The standard InChI is InChI=1S/C21H23N5O3/c1-25-10-15(14-7-13(8-19(22)27)23-9-18(14)25)16-3-4-17-20(24-16)21(5-6-28-11-21)29-12-26(17)2/h3-4,7,9-10H,5-6,8,11-12H2,1-2H3,(H2,22,27). The molecule has 2 aliphatic heterocycles. The van der Waals surface area contributed by atoms with Crippen LogP contribution < -0.4 is 10.6 Å². The first-order valence-electron chi connectivity index (χ1n) is 9.64. The summed E-state index contributed by atoms with van der Waals surface area (Å²) < 4.78 is 13.9. The monoisotopic (exact) mass is 393 g/mol. The summed E-state index contributed by atoms with van der Waals surface area (Å²) in [6, 6.07) is 6.06. The number of nitrogens with zero attached hydrogens (tertiary/aromatic N) is 4. The molecule has 0 bridgehead atoms. The van der Waals surface area contributed by atoms with E-state index in [0.29, 0.717) is 25.6 Å². The second-order valence-electron chi connectivity index (χ2n) is 7.82. The molecule has 2 aliphatic rings. The number of fused-ring (bicyclic) bond motifs is 3. The Morgan fingerprint density at radius 2 is 2.21 bits per heavy atom. The Labute approximate surface area is 168 Å². The first-order chi connectivity index (χ1) is 14.0. The topological polar surface area (TPSA) is 95.5 Å². The number of aromatic nitrogens is 3. The Bertz CT molecular complexity index is 1120. The molecule has 3 aromatic rings. The van der Waals surface area contributed by atoms with Gasteiger partial charge in [-0.3, -0.25) is 9.78 Å². The first-order valence-corrected chi connectivity index (χ1v) is 9.64. The van der Waals surface area contributed by atoms with Crippen molar-refractivity contribution in [2.45, 2.75) is 18.4 Å². The van der Waals surface area contributed by atoms with Crippen LogP contribution in [0.5, 0.6) is 0 Å². The summed E-state index contributed by atoms with van der Waals surface area (Å²) in [5, 5.41) is 0.994. The lowest BCUT2D eigenvalue weighted by molar-refractivity contribution is -0.117. The number of aryl methyl sites for hydroxylation is 1. The van der Waals surface area contributed by atoms with E-state index in [1.807, 2.05) is 37.0 Å². The van der Waals surface area contributed by atoms with E-state index in [1.165, 1.54) is 0 Å². The Hall–Kier alpha value is -2.97. The summed E-state index contributed by atoms with van der Waals surface area (Å²) in [6.07, 6.45) is 4.73. The van der Waals surface area contributed by atoms with Gasteiger partial charge in [-0.25, -0.2) is 4.98 Å². The fourth-order valence-electron chi connectivity index (χ4n) is 4.25. The van der Waals surface area contributed by atoms with Crippen LogP contribution in [0.25, 0.3) is 22.2 Å². The third-order valence-corrected chi connectivity index (χ3v) is 5.80. The summed E-state index contributed by atoms with van der Waals surface area (Å²) in [7, 11) is 3.98. The molecule has 1 amide bonds. The maximum absolute atomic E-state index is 11.3. The molecule has 1 unspecified atom stereocenters. The van der Waals surface area contributed by atoms with Gasteiger partial charge in [0.05, 0.1) is 47.5 Å². The quantitative estimate of drug-likeness (QED) is 0.728. The van der Waals surface area contributed by atoms with Crippen LogP contribution in [0.2, 0.25) is 0 Å². The van der Waals surface area contributed by atoms with E-state index in [9.17, 15) is 4.79 Å². The van der Waals surface area contributed by atoms with Gasteiger partial charge < -0.3 is 24.7 Å². The molecule has 5 rings (SSSR count). The zero-order valence-electron chi connectivity index (χ0n) is 16.5. The number of hydrogen-bond donors (Lipinski definition) is 1. The van der Waals surface area contributed by atoms with Crippen molar-refractivity contribution in [3.8, 4) is 11.3 Å². The number of carbonyl (C=O) groups is 1. The minimum absolute atomic E-state index is 0.112. The Morgan fingerprint density at radius 3 is 2.97 bits per heavy atom. The van der Waals surface area contributed by atoms with Crippen LogP contribution in [0.15, 0.2) is 30.6 Å². The number of primary amides is 1. The molecule has 1 spiro atoms. The van der Waals surface area contributed by atoms with Crippen LogP contribution in [-0.2, 0) is 33.3 Å². The number of anilines is 1. The van der Waals surface area contributed by atoms with Crippen LogP contribution in [0, 0.1) is 0 Å². The molecule has 5 heterocycles. The molecule has 1 saturated heterocycles. The molecule has 1 atom stereocenters. The van der Waals surface area contributed by atoms with Crippen molar-refractivity contribution < 1.29 is 14.3 Å². The first kappa shape index (κ1) is 18.1. The van der Waals surface area contributed by atoms with Crippen LogP contribution in [0.3, 0.4) is 0 Å². The van der Waals surface area contributed by atoms with Crippen LogP contribution >= 0.6 is 0 Å². The van der Waals surface area contributed by atoms with Gasteiger partial charge in [-0.15, -0.1) is 0 Å². The van der Waals surface area contributed by atoms with Gasteiger partial charge in [0.15, 0.2) is 0 Å². The van der Waals surface area contributed by atoms with Crippen molar-refractivity contribution in [1.82, 2.24) is 14.5 Å². The number of ether oxygens (including phenoxy) is 2. The molecule has 0 aliphatic carbocycles. The largest absolute Gasteiger partial charge is 0.378 e. The van der Waals surface area contributed by atoms with E-state index in [2.05, 4.69) is 16.0 Å². The van der Waals surface area contributed by atoms with Gasteiger partial charge in [0, 0.05) is 44.3 Å². The number of rotatable bonds is 3. The van der Waals surface area contributed by atoms with Crippen LogP contribution in [0.4, 0.5) is 5.69 Å². The highest BCUT2D eigenvalue weighted by molar-refractivity contribution is 5.95. The molecule has 2 N–H and O–H groups in total. The summed E-state index contributed by atoms with van der Waals surface area (Å²) >= 11 is 0. The smallest absolute Gasteiger partial charge is 0.223 e. The van der Waals surface area contributed by atoms with Crippen molar-refractivity contribution in [2.24, 2.45) is 12.8 Å². The summed E-state index contributed by atoms with van der Waals surface area (Å²) in [6.45, 7) is 1.71. The third-order valence-electron chi connectivity index (χ3n) is 5.80. The molecule has 0 saturated carbocycles. The number of hydrogen-bond acceptors (Lipinski definition) is 6. The minimum atomic E-state index is -0.485. The highest BCUT2D eigenvalue weighted by Gasteiger charge is 2.44. The highest BCUT2D eigenvalue weighted by atomic mass is 16.6. The van der Waals surface area contributed by atoms with E-state index in [4.69, 9.17) is 20.2 Å². The fraction of sp³-hybridized carbons (Fsp3) is 0.381. The van der Waals surface area contributed by atoms with E-state index in [-0.39, 0.29) is 6.42 Å². The maximum Gasteiger partial charge on any atom is 0.223 e. The van der Waals surface area contributed by atoms with E-state index in [0.717, 1.165) is 40.0 Å². The zero-order valence-corrected chi connectivity index (χ0v) is 16.5. The molecule has 8 heteroatoms. The lowest BCUT2D eigenvalue weighted by Crippen LogP contribution is -2.42. The molecule has 29 heavy (non-hydrogen) atoms. The van der Waals surface area contributed by atoms with Gasteiger partial charge in [-0.1, -0.05) is 0 Å². The van der Waals surface area contributed by atoms with Crippen molar-refractivity contribution in [1.29, 1.82) is 0 Å². The maximum atomic E-state index is 11.3. The normalized spacial score (nSPS) is 21.1. The lowest BCUT2D eigenvalue weighted by Gasteiger charge is -2.38. The predicted octanol–water partition coefficient (Wildman–Crippen LogP) is 1.70. The van der Waals surface area contributed by atoms with Gasteiger partial charge in [-0.05, 0) is 18.2 Å². The van der Waals surface area contributed by atoms with Gasteiger partial charge in [-0.2, -0.15) is 0 Å². The Balaban J connectivity index is 1.67. The Kier molecular flexibility index (Phi) is 4.07. The average Bonchev–Trinajstić information content (AvgIpc) is 3.30. The Morgan fingerprint density at radius 1 is 1.34 bits per heavy atom. The zero-order chi connectivity index (χ0) is 20.2. The fourth-order valence-corrected chi connectivity index (χ4v) is 4.25. The third kappa shape index (κ3) is 2.87. The number of pyridine rings is 2. The highest BCUT2D eigenvalue weighted by Crippen LogP contribution is 2.43. The number of amides is 1. The van der Waals surface area contributed by atoms with Gasteiger partial charge >= 0.3 is 0 Å². The van der Waals surface area contributed by atoms with Crippen molar-refractivity contribution in [3.63, 3.8) is 0 Å². The van der Waals surface area contributed by atoms with Crippen molar-refractivity contribution in [2.75, 3.05) is 31.9 Å². The summed E-state index contributed by atoms with van der Waals surface area (Å²) in [5.41, 5.74) is 10.3.